The molecule has 0 amide bonds. The summed E-state index contributed by atoms with van der Waals surface area (Å²) in [6.45, 7) is 2.28. The SMILES string of the molecule is O=S(=O)(c1ccc(Br)cc1)N1CCN(n2ccc3ccccc32)CC1. The van der Waals surface area contributed by atoms with Crippen LogP contribution in [0.15, 0.2) is 70.2 Å². The molecule has 0 bridgehead atoms. The number of hydrogen-bond donors (Lipinski definition) is 0. The fourth-order valence-electron chi connectivity index (χ4n) is 3.20. The van der Waals surface area contributed by atoms with Crippen molar-refractivity contribution in [3.05, 3.63) is 65.3 Å². The summed E-state index contributed by atoms with van der Waals surface area (Å²) >= 11 is 3.34. The van der Waals surface area contributed by atoms with Gasteiger partial charge >= 0.3 is 0 Å². The van der Waals surface area contributed by atoms with E-state index in [2.05, 4.69) is 43.8 Å². The molecule has 0 unspecified atom stereocenters. The van der Waals surface area contributed by atoms with E-state index in [0.29, 0.717) is 31.1 Å². The number of rotatable bonds is 3. The molecular formula is C18H18BrN3O2S. The summed E-state index contributed by atoms with van der Waals surface area (Å²) < 4.78 is 30.1. The number of fused-ring (bicyclic) bond motifs is 1. The van der Waals surface area contributed by atoms with Gasteiger partial charge in [0.05, 0.1) is 10.4 Å². The van der Waals surface area contributed by atoms with Crippen molar-refractivity contribution in [2.75, 3.05) is 31.2 Å². The molecule has 130 valence electrons. The van der Waals surface area contributed by atoms with Gasteiger partial charge in [-0.25, -0.2) is 8.42 Å². The van der Waals surface area contributed by atoms with E-state index in [1.807, 2.05) is 18.3 Å². The third-order valence-electron chi connectivity index (χ3n) is 4.55. The molecule has 2 heterocycles. The lowest BCUT2D eigenvalue weighted by molar-refractivity contribution is 0.355. The number of nitrogens with zero attached hydrogens (tertiary/aromatic N) is 3. The Kier molecular flexibility index (Phi) is 4.31. The molecule has 1 aromatic heterocycles. The van der Waals surface area contributed by atoms with Crippen LogP contribution in [0.1, 0.15) is 0 Å². The van der Waals surface area contributed by atoms with Crippen molar-refractivity contribution >= 4 is 36.9 Å². The van der Waals surface area contributed by atoms with E-state index < -0.39 is 10.0 Å². The van der Waals surface area contributed by atoms with Crippen LogP contribution in [0, 0.1) is 0 Å². The molecule has 25 heavy (non-hydrogen) atoms. The Bertz CT molecular complexity index is 991. The smallest absolute Gasteiger partial charge is 0.243 e. The van der Waals surface area contributed by atoms with Gasteiger partial charge < -0.3 is 5.01 Å². The second kappa shape index (κ2) is 6.48. The fourth-order valence-corrected chi connectivity index (χ4v) is 4.89. The lowest BCUT2D eigenvalue weighted by atomic mass is 10.2. The molecule has 4 rings (SSSR count). The molecular weight excluding hydrogens is 402 g/mol. The highest BCUT2D eigenvalue weighted by molar-refractivity contribution is 9.10. The number of aromatic nitrogens is 1. The number of sulfonamides is 1. The van der Waals surface area contributed by atoms with Crippen molar-refractivity contribution < 1.29 is 8.42 Å². The van der Waals surface area contributed by atoms with Crippen LogP contribution in [0.5, 0.6) is 0 Å². The van der Waals surface area contributed by atoms with Gasteiger partial charge in [-0.1, -0.05) is 34.1 Å². The molecule has 1 aliphatic heterocycles. The molecule has 3 aromatic rings. The van der Waals surface area contributed by atoms with E-state index in [1.54, 1.807) is 28.6 Å². The van der Waals surface area contributed by atoms with Crippen LogP contribution in [0.3, 0.4) is 0 Å². The average Bonchev–Trinajstić information content (AvgIpc) is 3.06. The minimum atomic E-state index is -3.44. The van der Waals surface area contributed by atoms with Crippen LogP contribution >= 0.6 is 15.9 Å². The van der Waals surface area contributed by atoms with Crippen LogP contribution in [-0.2, 0) is 10.0 Å². The van der Waals surface area contributed by atoms with Crippen LogP contribution < -0.4 is 5.01 Å². The summed E-state index contributed by atoms with van der Waals surface area (Å²) in [7, 11) is -3.44. The van der Waals surface area contributed by atoms with E-state index >= 15 is 0 Å². The van der Waals surface area contributed by atoms with Gasteiger partial charge in [-0.05, 0) is 36.4 Å². The Morgan fingerprint density at radius 3 is 2.24 bits per heavy atom. The topological polar surface area (TPSA) is 45.6 Å². The summed E-state index contributed by atoms with van der Waals surface area (Å²) in [5, 5.41) is 3.38. The van der Waals surface area contributed by atoms with Crippen LogP contribution in [0.2, 0.25) is 0 Å². The van der Waals surface area contributed by atoms with Crippen molar-refractivity contribution in [1.29, 1.82) is 0 Å². The van der Waals surface area contributed by atoms with Crippen molar-refractivity contribution in [3.63, 3.8) is 0 Å². The van der Waals surface area contributed by atoms with E-state index in [0.717, 1.165) is 9.99 Å². The van der Waals surface area contributed by atoms with E-state index in [-0.39, 0.29) is 0 Å². The predicted molar refractivity (Wildman–Crippen MR) is 103 cm³/mol. The van der Waals surface area contributed by atoms with Gasteiger partial charge in [0.1, 0.15) is 0 Å². The van der Waals surface area contributed by atoms with Gasteiger partial charge in [0.15, 0.2) is 0 Å². The molecule has 0 spiro atoms. The monoisotopic (exact) mass is 419 g/mol. The summed E-state index contributed by atoms with van der Waals surface area (Å²) in [5.41, 5.74) is 1.15. The Morgan fingerprint density at radius 2 is 1.52 bits per heavy atom. The van der Waals surface area contributed by atoms with Gasteiger partial charge in [-0.3, -0.25) is 4.68 Å². The average molecular weight is 420 g/mol. The molecule has 5 nitrogen and oxygen atoms in total. The standard InChI is InChI=1S/C18H18BrN3O2S/c19-16-5-7-17(8-6-16)25(23,24)21-13-11-20(12-14-21)22-10-9-15-3-1-2-4-18(15)22/h1-10H,11-14H2. The summed E-state index contributed by atoms with van der Waals surface area (Å²) in [6.07, 6.45) is 2.05. The molecule has 2 aromatic carbocycles. The largest absolute Gasteiger partial charge is 0.310 e. The lowest BCUT2D eigenvalue weighted by Gasteiger charge is -2.36. The predicted octanol–water partition coefficient (Wildman–Crippen LogP) is 3.05. The zero-order chi connectivity index (χ0) is 17.4. The van der Waals surface area contributed by atoms with Gasteiger partial charge in [0.25, 0.3) is 0 Å². The first kappa shape index (κ1) is 16.6. The van der Waals surface area contributed by atoms with Crippen LogP contribution in [0.25, 0.3) is 10.9 Å². The molecule has 7 heteroatoms. The molecule has 0 aliphatic carbocycles. The van der Waals surface area contributed by atoms with Gasteiger partial charge in [0.2, 0.25) is 10.0 Å². The molecule has 0 radical (unpaired) electrons. The van der Waals surface area contributed by atoms with Crippen molar-refractivity contribution in [3.8, 4) is 0 Å². The number of piperazine rings is 1. The van der Waals surface area contributed by atoms with Gasteiger partial charge in [-0.2, -0.15) is 4.31 Å². The highest BCUT2D eigenvalue weighted by atomic mass is 79.9. The highest BCUT2D eigenvalue weighted by Crippen LogP contribution is 2.21. The minimum Gasteiger partial charge on any atom is -0.310 e. The Morgan fingerprint density at radius 1 is 0.840 bits per heavy atom. The number of benzene rings is 2. The van der Waals surface area contributed by atoms with Gasteiger partial charge in [0, 0.05) is 42.2 Å². The Balaban J connectivity index is 1.52. The maximum Gasteiger partial charge on any atom is 0.243 e. The third kappa shape index (κ3) is 3.07. The third-order valence-corrected chi connectivity index (χ3v) is 6.99. The van der Waals surface area contributed by atoms with E-state index in [4.69, 9.17) is 0 Å². The first-order chi connectivity index (χ1) is 12.1. The summed E-state index contributed by atoms with van der Waals surface area (Å²) in [5.74, 6) is 0. The second-order valence-electron chi connectivity index (χ2n) is 6.03. The molecule has 0 N–H and O–H groups in total. The van der Waals surface area contributed by atoms with Crippen LogP contribution in [0.4, 0.5) is 0 Å². The van der Waals surface area contributed by atoms with E-state index in [1.165, 1.54) is 5.39 Å². The van der Waals surface area contributed by atoms with Crippen molar-refractivity contribution in [2.45, 2.75) is 4.90 Å². The Labute approximate surface area is 155 Å². The van der Waals surface area contributed by atoms with Crippen LogP contribution in [-0.4, -0.2) is 43.6 Å². The summed E-state index contributed by atoms with van der Waals surface area (Å²) in [6, 6.07) is 17.1. The highest BCUT2D eigenvalue weighted by Gasteiger charge is 2.28. The first-order valence-electron chi connectivity index (χ1n) is 8.13. The van der Waals surface area contributed by atoms with Crippen molar-refractivity contribution in [2.24, 2.45) is 0 Å². The quantitative estimate of drug-likeness (QED) is 0.655. The normalized spacial score (nSPS) is 16.4. The first-order valence-corrected chi connectivity index (χ1v) is 10.4. The second-order valence-corrected chi connectivity index (χ2v) is 8.88. The van der Waals surface area contributed by atoms with E-state index in [9.17, 15) is 8.42 Å². The minimum absolute atomic E-state index is 0.343. The fraction of sp³-hybridized carbons (Fsp3) is 0.222. The zero-order valence-corrected chi connectivity index (χ0v) is 15.9. The maximum absolute atomic E-state index is 12.8. The molecule has 0 saturated carbocycles. The number of para-hydroxylation sites is 1. The molecule has 1 fully saturated rings. The molecule has 1 saturated heterocycles. The Hall–Kier alpha value is -1.83. The number of halogens is 1. The molecule has 0 atom stereocenters. The lowest BCUT2D eigenvalue weighted by Crippen LogP contribution is -2.52. The zero-order valence-electron chi connectivity index (χ0n) is 13.5. The summed E-state index contributed by atoms with van der Waals surface area (Å²) in [4.78, 5) is 0.343. The van der Waals surface area contributed by atoms with Gasteiger partial charge in [-0.15, -0.1) is 0 Å². The number of hydrogen-bond acceptors (Lipinski definition) is 3. The maximum atomic E-state index is 12.8. The van der Waals surface area contributed by atoms with Crippen molar-refractivity contribution in [1.82, 2.24) is 8.98 Å². The molecule has 1 aliphatic rings.